The summed E-state index contributed by atoms with van der Waals surface area (Å²) >= 11 is 3.32. The van der Waals surface area contributed by atoms with Gasteiger partial charge in [0.05, 0.1) is 26.5 Å². The number of amides is 1. The SMILES string of the molecule is COc1ccc(NCC(=O)Nc2ccc(Br)cc2)c(S(C)(=O)=O)c1OC. The van der Waals surface area contributed by atoms with Gasteiger partial charge in [-0.15, -0.1) is 0 Å². The van der Waals surface area contributed by atoms with Crippen LogP contribution in [-0.2, 0) is 14.6 Å². The summed E-state index contributed by atoms with van der Waals surface area (Å²) in [5.74, 6) is 0.0627. The number of methoxy groups -OCH3 is 2. The Bertz CT molecular complexity index is 898. The first kappa shape index (κ1) is 20.1. The van der Waals surface area contributed by atoms with Crippen molar-refractivity contribution in [1.82, 2.24) is 0 Å². The maximum Gasteiger partial charge on any atom is 0.243 e. The molecule has 0 aliphatic carbocycles. The second-order valence-corrected chi connectivity index (χ2v) is 8.23. The second-order valence-electron chi connectivity index (χ2n) is 5.36. The van der Waals surface area contributed by atoms with Gasteiger partial charge in [-0.2, -0.15) is 0 Å². The zero-order valence-electron chi connectivity index (χ0n) is 14.5. The van der Waals surface area contributed by atoms with Crippen molar-refractivity contribution in [2.45, 2.75) is 4.90 Å². The number of carbonyl (C=O) groups excluding carboxylic acids is 1. The molecule has 0 unspecified atom stereocenters. The summed E-state index contributed by atoms with van der Waals surface area (Å²) in [6.45, 7) is -0.117. The minimum atomic E-state index is -3.62. The second kappa shape index (κ2) is 8.41. The van der Waals surface area contributed by atoms with Crippen molar-refractivity contribution in [3.8, 4) is 11.5 Å². The van der Waals surface area contributed by atoms with Gasteiger partial charge in [-0.05, 0) is 36.4 Å². The lowest BCUT2D eigenvalue weighted by molar-refractivity contribution is -0.114. The van der Waals surface area contributed by atoms with Crippen molar-refractivity contribution in [1.29, 1.82) is 0 Å². The molecule has 0 saturated heterocycles. The van der Waals surface area contributed by atoms with E-state index < -0.39 is 9.84 Å². The molecule has 0 saturated carbocycles. The number of anilines is 2. The molecule has 0 spiro atoms. The van der Waals surface area contributed by atoms with Gasteiger partial charge < -0.3 is 20.1 Å². The number of hydrogen-bond donors (Lipinski definition) is 2. The number of sulfone groups is 1. The molecule has 2 aromatic carbocycles. The smallest absolute Gasteiger partial charge is 0.243 e. The van der Waals surface area contributed by atoms with E-state index >= 15 is 0 Å². The van der Waals surface area contributed by atoms with Gasteiger partial charge >= 0.3 is 0 Å². The minimum absolute atomic E-state index is 0.0595. The zero-order chi connectivity index (χ0) is 19.3. The Labute approximate surface area is 160 Å². The lowest BCUT2D eigenvalue weighted by atomic mass is 10.2. The van der Waals surface area contributed by atoms with Crippen LogP contribution in [-0.4, -0.2) is 41.3 Å². The molecule has 9 heteroatoms. The third-order valence-corrected chi connectivity index (χ3v) is 5.11. The van der Waals surface area contributed by atoms with Crippen molar-refractivity contribution >= 4 is 43.0 Å². The van der Waals surface area contributed by atoms with Gasteiger partial charge in [-0.3, -0.25) is 4.79 Å². The van der Waals surface area contributed by atoms with Crippen LogP contribution in [0.3, 0.4) is 0 Å². The fourth-order valence-corrected chi connectivity index (χ4v) is 3.64. The van der Waals surface area contributed by atoms with Crippen molar-refractivity contribution in [2.24, 2.45) is 0 Å². The number of rotatable bonds is 7. The number of hydrogen-bond acceptors (Lipinski definition) is 6. The maximum absolute atomic E-state index is 12.2. The first-order chi connectivity index (χ1) is 12.3. The highest BCUT2D eigenvalue weighted by molar-refractivity contribution is 9.10. The van der Waals surface area contributed by atoms with Crippen LogP contribution in [0.1, 0.15) is 0 Å². The lowest BCUT2D eigenvalue weighted by Gasteiger charge is -2.16. The number of nitrogens with one attached hydrogen (secondary N) is 2. The van der Waals surface area contributed by atoms with Crippen LogP contribution in [0.5, 0.6) is 11.5 Å². The van der Waals surface area contributed by atoms with Crippen LogP contribution >= 0.6 is 15.9 Å². The summed E-state index contributed by atoms with van der Waals surface area (Å²) < 4.78 is 35.6. The molecule has 0 aliphatic rings. The molecule has 0 bridgehead atoms. The fraction of sp³-hybridized carbons (Fsp3) is 0.235. The van der Waals surface area contributed by atoms with E-state index in [1.165, 1.54) is 20.3 Å². The topological polar surface area (TPSA) is 93.7 Å². The molecule has 0 aliphatic heterocycles. The zero-order valence-corrected chi connectivity index (χ0v) is 16.9. The van der Waals surface area contributed by atoms with E-state index in [2.05, 4.69) is 26.6 Å². The summed E-state index contributed by atoms with van der Waals surface area (Å²) in [7, 11) is -0.848. The third-order valence-electron chi connectivity index (χ3n) is 3.44. The van der Waals surface area contributed by atoms with Gasteiger partial charge in [0.1, 0.15) is 4.90 Å². The van der Waals surface area contributed by atoms with Gasteiger partial charge in [0.25, 0.3) is 0 Å². The Balaban J connectivity index is 2.21. The standard InChI is InChI=1S/C17H19BrN2O5S/c1-24-14-9-8-13(17(16(14)25-2)26(3,22)23)19-10-15(21)20-12-6-4-11(18)5-7-12/h4-9,19H,10H2,1-3H3,(H,20,21). The Morgan fingerprint density at radius 3 is 2.27 bits per heavy atom. The normalized spacial score (nSPS) is 10.9. The molecule has 140 valence electrons. The lowest BCUT2D eigenvalue weighted by Crippen LogP contribution is -2.22. The number of carbonyl (C=O) groups is 1. The van der Waals surface area contributed by atoms with Gasteiger partial charge in [0, 0.05) is 16.4 Å². The van der Waals surface area contributed by atoms with Crippen LogP contribution in [0.25, 0.3) is 0 Å². The van der Waals surface area contributed by atoms with E-state index in [1.54, 1.807) is 30.3 Å². The van der Waals surface area contributed by atoms with Gasteiger partial charge in [0.15, 0.2) is 21.3 Å². The molecule has 7 nitrogen and oxygen atoms in total. The summed E-state index contributed by atoms with van der Waals surface area (Å²) in [6, 6.07) is 10.2. The number of ether oxygens (including phenoxy) is 2. The average molecular weight is 443 g/mol. The van der Waals surface area contributed by atoms with E-state index in [1.807, 2.05) is 0 Å². The predicted octanol–water partition coefficient (Wildman–Crippen LogP) is 2.92. The van der Waals surface area contributed by atoms with Crippen LogP contribution in [0.15, 0.2) is 45.8 Å². The third kappa shape index (κ3) is 4.89. The Morgan fingerprint density at radius 2 is 1.73 bits per heavy atom. The highest BCUT2D eigenvalue weighted by atomic mass is 79.9. The summed E-state index contributed by atoms with van der Waals surface area (Å²) in [4.78, 5) is 12.1. The van der Waals surface area contributed by atoms with Crippen molar-refractivity contribution in [2.75, 3.05) is 37.7 Å². The summed E-state index contributed by atoms with van der Waals surface area (Å²) in [5.41, 5.74) is 0.895. The van der Waals surface area contributed by atoms with Gasteiger partial charge in [-0.1, -0.05) is 15.9 Å². The van der Waals surface area contributed by atoms with E-state index in [-0.39, 0.29) is 34.5 Å². The Kier molecular flexibility index (Phi) is 6.49. The molecule has 0 fully saturated rings. The summed E-state index contributed by atoms with van der Waals surface area (Å²) in [5, 5.41) is 5.56. The Morgan fingerprint density at radius 1 is 1.08 bits per heavy atom. The van der Waals surface area contributed by atoms with Crippen LogP contribution in [0.4, 0.5) is 11.4 Å². The molecule has 0 atom stereocenters. The Hall–Kier alpha value is -2.26. The van der Waals surface area contributed by atoms with Crippen LogP contribution in [0, 0.1) is 0 Å². The van der Waals surface area contributed by atoms with Crippen molar-refractivity contribution < 1.29 is 22.7 Å². The molecular weight excluding hydrogens is 424 g/mol. The molecule has 2 rings (SSSR count). The highest BCUT2D eigenvalue weighted by Gasteiger charge is 2.23. The molecular formula is C17H19BrN2O5S. The van der Waals surface area contributed by atoms with E-state index in [9.17, 15) is 13.2 Å². The van der Waals surface area contributed by atoms with Crippen LogP contribution in [0.2, 0.25) is 0 Å². The maximum atomic E-state index is 12.2. The fourth-order valence-electron chi connectivity index (χ4n) is 2.32. The number of benzene rings is 2. The molecule has 0 radical (unpaired) electrons. The minimum Gasteiger partial charge on any atom is -0.493 e. The van der Waals surface area contributed by atoms with Crippen molar-refractivity contribution in [3.05, 3.63) is 40.9 Å². The first-order valence-corrected chi connectivity index (χ1v) is 10.2. The molecule has 1 amide bonds. The molecule has 2 N–H and O–H groups in total. The van der Waals surface area contributed by atoms with E-state index in [0.29, 0.717) is 5.69 Å². The molecule has 2 aromatic rings. The van der Waals surface area contributed by atoms with E-state index in [4.69, 9.17) is 9.47 Å². The van der Waals surface area contributed by atoms with Gasteiger partial charge in [0.2, 0.25) is 5.91 Å². The first-order valence-electron chi connectivity index (χ1n) is 7.50. The molecule has 0 aromatic heterocycles. The monoisotopic (exact) mass is 442 g/mol. The quantitative estimate of drug-likeness (QED) is 0.684. The average Bonchev–Trinajstić information content (AvgIpc) is 2.60. The number of halogens is 1. The predicted molar refractivity (Wildman–Crippen MR) is 104 cm³/mol. The largest absolute Gasteiger partial charge is 0.493 e. The molecule has 26 heavy (non-hydrogen) atoms. The molecule has 0 heterocycles. The van der Waals surface area contributed by atoms with E-state index in [0.717, 1.165) is 10.7 Å². The highest BCUT2D eigenvalue weighted by Crippen LogP contribution is 2.39. The summed E-state index contributed by atoms with van der Waals surface area (Å²) in [6.07, 6.45) is 1.07. The van der Waals surface area contributed by atoms with Crippen molar-refractivity contribution in [3.63, 3.8) is 0 Å². The van der Waals surface area contributed by atoms with Crippen LogP contribution < -0.4 is 20.1 Å². The van der Waals surface area contributed by atoms with Gasteiger partial charge in [-0.25, -0.2) is 8.42 Å².